The second-order valence-electron chi connectivity index (χ2n) is 12.9. The number of fused-ring (bicyclic) bond motifs is 5. The summed E-state index contributed by atoms with van der Waals surface area (Å²) >= 11 is 6.58. The van der Waals surface area contributed by atoms with Gasteiger partial charge in [0.15, 0.2) is 5.03 Å². The summed E-state index contributed by atoms with van der Waals surface area (Å²) in [5.41, 5.74) is 1.39. The highest BCUT2D eigenvalue weighted by Gasteiger charge is 2.62. The van der Waals surface area contributed by atoms with Gasteiger partial charge in [0.1, 0.15) is 0 Å². The first kappa shape index (κ1) is 24.5. The van der Waals surface area contributed by atoms with Crippen LogP contribution in [-0.4, -0.2) is 16.1 Å². The number of nitrogens with zero attached hydrogens (tertiary/aromatic N) is 2. The molecule has 4 aliphatic rings. The summed E-state index contributed by atoms with van der Waals surface area (Å²) in [6.45, 7) is 12.2. The molecule has 4 saturated carbocycles. The summed E-state index contributed by atoms with van der Waals surface area (Å²) in [5, 5.41) is 15.2. The summed E-state index contributed by atoms with van der Waals surface area (Å²) in [6, 6.07) is 0. The van der Waals surface area contributed by atoms with Crippen molar-refractivity contribution in [2.45, 2.75) is 111 Å². The van der Waals surface area contributed by atoms with Crippen LogP contribution in [0.1, 0.15) is 105 Å². The zero-order valence-electron chi connectivity index (χ0n) is 21.0. The van der Waals surface area contributed by atoms with Crippen LogP contribution in [0.4, 0.5) is 0 Å². The molecule has 0 aromatic rings. The number of hydrogen-bond acceptors (Lipinski definition) is 2. The quantitative estimate of drug-likeness (QED) is 0.227. The van der Waals surface area contributed by atoms with Crippen LogP contribution in [0.25, 0.3) is 0 Å². The monoisotopic (exact) mass is 464 g/mol. The molecule has 0 bridgehead atoms. The molecular formula is C27H45ClN2O2. The molecule has 4 fully saturated rings. The van der Waals surface area contributed by atoms with E-state index >= 15 is 0 Å². The largest absolute Gasteiger partial charge is 0.233 e. The number of hydrazone groups is 1. The highest BCUT2D eigenvalue weighted by molar-refractivity contribution is 6.20. The van der Waals surface area contributed by atoms with Crippen LogP contribution in [-0.2, 0) is 0 Å². The van der Waals surface area contributed by atoms with Crippen LogP contribution in [0.2, 0.25) is 0 Å². The molecule has 9 atom stereocenters. The molecule has 32 heavy (non-hydrogen) atoms. The van der Waals surface area contributed by atoms with Gasteiger partial charge in [0.05, 0.1) is 10.8 Å². The predicted molar refractivity (Wildman–Crippen MR) is 133 cm³/mol. The van der Waals surface area contributed by atoms with Crippen molar-refractivity contribution in [2.75, 3.05) is 0 Å². The van der Waals surface area contributed by atoms with E-state index in [9.17, 15) is 10.1 Å². The summed E-state index contributed by atoms with van der Waals surface area (Å²) in [6.07, 6.45) is 13.2. The van der Waals surface area contributed by atoms with E-state index in [0.717, 1.165) is 49.1 Å². The van der Waals surface area contributed by atoms with Crippen molar-refractivity contribution in [1.29, 1.82) is 0 Å². The molecule has 0 aromatic heterocycles. The third-order valence-electron chi connectivity index (χ3n) is 10.8. The van der Waals surface area contributed by atoms with E-state index < -0.39 is 5.03 Å². The molecule has 182 valence electrons. The average Bonchev–Trinajstić information content (AvgIpc) is 3.06. The van der Waals surface area contributed by atoms with Crippen molar-refractivity contribution in [3.8, 4) is 0 Å². The Kier molecular flexibility index (Phi) is 7.03. The Morgan fingerprint density at radius 2 is 1.75 bits per heavy atom. The molecule has 1 unspecified atom stereocenters. The topological polar surface area (TPSA) is 55.5 Å². The Labute approximate surface area is 200 Å². The molecule has 0 saturated heterocycles. The van der Waals surface area contributed by atoms with Gasteiger partial charge in [0, 0.05) is 11.3 Å². The minimum Gasteiger partial charge on any atom is -0.233 e. The van der Waals surface area contributed by atoms with Crippen molar-refractivity contribution >= 4 is 17.3 Å². The molecule has 0 radical (unpaired) electrons. The van der Waals surface area contributed by atoms with Crippen LogP contribution < -0.4 is 0 Å². The van der Waals surface area contributed by atoms with Crippen LogP contribution >= 0.6 is 11.6 Å². The Morgan fingerprint density at radius 1 is 1.06 bits per heavy atom. The lowest BCUT2D eigenvalue weighted by Gasteiger charge is -2.60. The van der Waals surface area contributed by atoms with Crippen molar-refractivity contribution < 1.29 is 5.03 Å². The van der Waals surface area contributed by atoms with Crippen LogP contribution in [0.15, 0.2) is 5.10 Å². The molecular weight excluding hydrogens is 420 g/mol. The molecule has 0 heterocycles. The molecule has 0 N–H and O–H groups in total. The lowest BCUT2D eigenvalue weighted by Crippen LogP contribution is -2.57. The third-order valence-corrected chi connectivity index (χ3v) is 11.2. The van der Waals surface area contributed by atoms with Crippen LogP contribution in [0.5, 0.6) is 0 Å². The highest BCUT2D eigenvalue weighted by atomic mass is 35.5. The third kappa shape index (κ3) is 4.27. The van der Waals surface area contributed by atoms with Gasteiger partial charge in [-0.05, 0) is 97.7 Å². The number of halogens is 1. The van der Waals surface area contributed by atoms with Gasteiger partial charge >= 0.3 is 0 Å². The summed E-state index contributed by atoms with van der Waals surface area (Å²) < 4.78 is 0. The van der Waals surface area contributed by atoms with Gasteiger partial charge in [0.2, 0.25) is 0 Å². The molecule has 4 rings (SSSR count). The standard InChI is InChI=1S/C27H45ClN2O2/c1-17(2)7-6-8-18(3)21-9-10-22-20-16-25(29-30(31)32)24-15-19(28)11-13-27(24,5)23(20)12-14-26(21,22)4/h17-24H,6-16H2,1-5H3/b29-25+/t18?,19-,20-,21+,22-,23-,24+,26+,27+/m0/s1. The first-order valence-corrected chi connectivity index (χ1v) is 13.9. The predicted octanol–water partition coefficient (Wildman–Crippen LogP) is 7.96. The zero-order chi connectivity index (χ0) is 23.3. The SMILES string of the molecule is CC(C)CCCC(C)[C@H]1CC[C@H]2[C@@H]3C/C(=N\[N+](=O)[O-])[C@H]4C[C@@H](Cl)CC[C@]4(C)[C@H]3CC[C@]12C. The average molecular weight is 465 g/mol. The number of alkyl halides is 1. The molecule has 4 aliphatic carbocycles. The van der Waals surface area contributed by atoms with E-state index in [1.807, 2.05) is 0 Å². The number of hydrogen-bond donors (Lipinski definition) is 0. The van der Waals surface area contributed by atoms with Crippen molar-refractivity contribution in [2.24, 2.45) is 57.4 Å². The number of nitro groups is 1. The van der Waals surface area contributed by atoms with E-state index in [1.165, 1.54) is 44.9 Å². The fourth-order valence-electron chi connectivity index (χ4n) is 9.26. The van der Waals surface area contributed by atoms with E-state index in [1.54, 1.807) is 0 Å². The first-order valence-electron chi connectivity index (χ1n) is 13.4. The van der Waals surface area contributed by atoms with Gasteiger partial charge in [-0.25, -0.2) is 10.1 Å². The van der Waals surface area contributed by atoms with Crippen LogP contribution in [0.3, 0.4) is 0 Å². The maximum absolute atomic E-state index is 11.5. The van der Waals surface area contributed by atoms with Gasteiger partial charge in [-0.15, -0.1) is 11.6 Å². The zero-order valence-corrected chi connectivity index (χ0v) is 21.7. The van der Waals surface area contributed by atoms with Gasteiger partial charge in [-0.1, -0.05) is 53.9 Å². The van der Waals surface area contributed by atoms with Crippen molar-refractivity contribution in [1.82, 2.24) is 0 Å². The second-order valence-corrected chi connectivity index (χ2v) is 13.5. The van der Waals surface area contributed by atoms with E-state index in [0.29, 0.717) is 23.2 Å². The minimum atomic E-state index is -0.440. The fraction of sp³-hybridized carbons (Fsp3) is 0.963. The summed E-state index contributed by atoms with van der Waals surface area (Å²) in [7, 11) is 0. The number of rotatable bonds is 6. The van der Waals surface area contributed by atoms with Gasteiger partial charge < -0.3 is 0 Å². The maximum Gasteiger partial charge on any atom is 0.190 e. The van der Waals surface area contributed by atoms with E-state index in [-0.39, 0.29) is 16.7 Å². The maximum atomic E-state index is 11.5. The van der Waals surface area contributed by atoms with Crippen molar-refractivity contribution in [3.05, 3.63) is 10.1 Å². The van der Waals surface area contributed by atoms with E-state index in [4.69, 9.17) is 11.6 Å². The van der Waals surface area contributed by atoms with Gasteiger partial charge in [-0.2, -0.15) is 0 Å². The van der Waals surface area contributed by atoms with Gasteiger partial charge in [-0.3, -0.25) is 0 Å². The minimum absolute atomic E-state index is 0.130. The molecule has 0 spiro atoms. The highest BCUT2D eigenvalue weighted by Crippen LogP contribution is 2.68. The first-order chi connectivity index (χ1) is 15.1. The second kappa shape index (κ2) is 9.19. The Hall–Kier alpha value is -0.640. The lowest BCUT2D eigenvalue weighted by molar-refractivity contribution is -0.485. The van der Waals surface area contributed by atoms with Crippen molar-refractivity contribution in [3.63, 3.8) is 0 Å². The molecule has 0 amide bonds. The molecule has 4 nitrogen and oxygen atoms in total. The van der Waals surface area contributed by atoms with E-state index in [2.05, 4.69) is 39.7 Å². The van der Waals surface area contributed by atoms with Gasteiger partial charge in [0.25, 0.3) is 0 Å². The Morgan fingerprint density at radius 3 is 2.44 bits per heavy atom. The lowest BCUT2D eigenvalue weighted by atomic mass is 9.44. The summed E-state index contributed by atoms with van der Waals surface area (Å²) in [4.78, 5) is 11.5. The normalized spacial score (nSPS) is 45.9. The molecule has 5 heteroatoms. The molecule has 0 aromatic carbocycles. The summed E-state index contributed by atoms with van der Waals surface area (Å²) in [5.74, 6) is 4.52. The Balaban J connectivity index is 1.58. The smallest absolute Gasteiger partial charge is 0.190 e. The van der Waals surface area contributed by atoms with Crippen LogP contribution in [0, 0.1) is 62.4 Å². The Bertz CT molecular complexity index is 739. The fourth-order valence-corrected chi connectivity index (χ4v) is 9.55. The molecule has 0 aliphatic heterocycles.